The molecule has 0 radical (unpaired) electrons. The molecule has 0 fully saturated rings. The van der Waals surface area contributed by atoms with E-state index >= 15 is 0 Å². The summed E-state index contributed by atoms with van der Waals surface area (Å²) in [7, 11) is 0. The normalized spacial score (nSPS) is 11.2. The lowest BCUT2D eigenvalue weighted by atomic mass is 10.1. The van der Waals surface area contributed by atoms with Crippen LogP contribution in [0.25, 0.3) is 11.0 Å². The summed E-state index contributed by atoms with van der Waals surface area (Å²) in [5.41, 5.74) is 2.13. The van der Waals surface area contributed by atoms with Gasteiger partial charge in [-0.3, -0.25) is 4.98 Å². The number of imidazole rings is 1. The van der Waals surface area contributed by atoms with E-state index in [1.165, 1.54) is 6.33 Å². The molecule has 0 saturated heterocycles. The van der Waals surface area contributed by atoms with Crippen LogP contribution in [-0.4, -0.2) is 25.7 Å². The molecule has 1 N–H and O–H groups in total. The van der Waals surface area contributed by atoms with Crippen molar-refractivity contribution in [2.75, 3.05) is 0 Å². The van der Waals surface area contributed by atoms with Gasteiger partial charge in [-0.15, -0.1) is 0 Å². The zero-order valence-electron chi connectivity index (χ0n) is 9.21. The molecule has 0 bridgehead atoms. The van der Waals surface area contributed by atoms with Crippen molar-refractivity contribution >= 4 is 17.1 Å². The highest BCUT2D eigenvalue weighted by molar-refractivity contribution is 5.86. The molecule has 2 rings (SSSR count). The molecule has 84 valence electrons. The van der Waals surface area contributed by atoms with Crippen LogP contribution in [0.2, 0.25) is 0 Å². The molecule has 0 aliphatic heterocycles. The quantitative estimate of drug-likeness (QED) is 0.840. The van der Waals surface area contributed by atoms with Gasteiger partial charge in [-0.05, 0) is 18.4 Å². The van der Waals surface area contributed by atoms with E-state index < -0.39 is 6.09 Å². The van der Waals surface area contributed by atoms with Gasteiger partial charge in [0.05, 0.1) is 11.2 Å². The topological polar surface area (TPSA) is 68.0 Å². The van der Waals surface area contributed by atoms with Crippen molar-refractivity contribution in [1.82, 2.24) is 14.5 Å². The molecule has 0 atom stereocenters. The molecule has 5 nitrogen and oxygen atoms in total. The Balaban J connectivity index is 2.57. The first-order valence-corrected chi connectivity index (χ1v) is 5.14. The molecule has 0 aliphatic rings. The van der Waals surface area contributed by atoms with Crippen LogP contribution in [0.3, 0.4) is 0 Å². The molecule has 2 aromatic heterocycles. The minimum atomic E-state index is -1.02. The summed E-state index contributed by atoms with van der Waals surface area (Å²) in [4.78, 5) is 19.3. The third-order valence-corrected chi connectivity index (χ3v) is 2.35. The van der Waals surface area contributed by atoms with E-state index in [1.807, 2.05) is 0 Å². The standard InChI is InChI=1S/C11H13N3O2/c1-7(2)5-8-10-9(3-4-12-8)14(6-13-10)11(15)16/h3-4,6-7H,5H2,1-2H3,(H,15,16). The van der Waals surface area contributed by atoms with Gasteiger partial charge in [-0.1, -0.05) is 13.8 Å². The zero-order valence-corrected chi connectivity index (χ0v) is 9.21. The monoisotopic (exact) mass is 219 g/mol. The Morgan fingerprint density at radius 3 is 2.88 bits per heavy atom. The summed E-state index contributed by atoms with van der Waals surface area (Å²) in [5, 5.41) is 8.95. The largest absolute Gasteiger partial charge is 0.464 e. The number of rotatable bonds is 2. The van der Waals surface area contributed by atoms with E-state index in [9.17, 15) is 4.79 Å². The summed E-state index contributed by atoms with van der Waals surface area (Å²) in [6.07, 6.45) is 2.72. The van der Waals surface area contributed by atoms with Gasteiger partial charge < -0.3 is 5.11 Å². The van der Waals surface area contributed by atoms with Crippen molar-refractivity contribution in [3.8, 4) is 0 Å². The molecule has 2 heterocycles. The van der Waals surface area contributed by atoms with Crippen LogP contribution in [0.4, 0.5) is 4.79 Å². The second-order valence-corrected chi connectivity index (χ2v) is 4.12. The number of aromatic nitrogens is 3. The second kappa shape index (κ2) is 3.92. The number of fused-ring (bicyclic) bond motifs is 1. The fraction of sp³-hybridized carbons (Fsp3) is 0.364. The highest BCUT2D eigenvalue weighted by Crippen LogP contribution is 2.17. The van der Waals surface area contributed by atoms with E-state index in [0.29, 0.717) is 17.0 Å². The van der Waals surface area contributed by atoms with Gasteiger partial charge in [-0.2, -0.15) is 0 Å². The number of carboxylic acid groups (broad SMARTS) is 1. The highest BCUT2D eigenvalue weighted by Gasteiger charge is 2.12. The van der Waals surface area contributed by atoms with E-state index in [4.69, 9.17) is 5.11 Å². The van der Waals surface area contributed by atoms with E-state index in [0.717, 1.165) is 16.7 Å². The van der Waals surface area contributed by atoms with Gasteiger partial charge in [0.25, 0.3) is 0 Å². The summed E-state index contributed by atoms with van der Waals surface area (Å²) in [6.45, 7) is 4.18. The Hall–Kier alpha value is -1.91. The van der Waals surface area contributed by atoms with Crippen LogP contribution in [0.1, 0.15) is 19.5 Å². The average molecular weight is 219 g/mol. The maximum atomic E-state index is 10.9. The Bertz CT molecular complexity index is 531. The van der Waals surface area contributed by atoms with Crippen molar-refractivity contribution < 1.29 is 9.90 Å². The number of nitrogens with zero attached hydrogens (tertiary/aromatic N) is 3. The fourth-order valence-electron chi connectivity index (χ4n) is 1.69. The Labute approximate surface area is 92.8 Å². The van der Waals surface area contributed by atoms with Crippen molar-refractivity contribution in [3.63, 3.8) is 0 Å². The summed E-state index contributed by atoms with van der Waals surface area (Å²) >= 11 is 0. The van der Waals surface area contributed by atoms with E-state index in [-0.39, 0.29) is 0 Å². The minimum absolute atomic E-state index is 0.466. The maximum Gasteiger partial charge on any atom is 0.417 e. The lowest BCUT2D eigenvalue weighted by molar-refractivity contribution is 0.197. The average Bonchev–Trinajstić information content (AvgIpc) is 2.61. The lowest BCUT2D eigenvalue weighted by Gasteiger charge is -2.04. The maximum absolute atomic E-state index is 10.9. The molecule has 0 unspecified atom stereocenters. The summed E-state index contributed by atoms with van der Waals surface area (Å²) in [6, 6.07) is 1.67. The van der Waals surface area contributed by atoms with Crippen LogP contribution < -0.4 is 0 Å². The first kappa shape index (κ1) is 10.6. The number of pyridine rings is 1. The van der Waals surface area contributed by atoms with Crippen molar-refractivity contribution in [2.45, 2.75) is 20.3 Å². The SMILES string of the molecule is CC(C)Cc1nccc2c1ncn2C(=O)O. The van der Waals surface area contributed by atoms with Crippen LogP contribution in [0.5, 0.6) is 0 Å². The van der Waals surface area contributed by atoms with E-state index in [1.54, 1.807) is 12.3 Å². The Morgan fingerprint density at radius 2 is 2.25 bits per heavy atom. The third-order valence-electron chi connectivity index (χ3n) is 2.35. The summed E-state index contributed by atoms with van der Waals surface area (Å²) < 4.78 is 1.11. The number of carbonyl (C=O) groups is 1. The van der Waals surface area contributed by atoms with Gasteiger partial charge in [0.1, 0.15) is 11.8 Å². The van der Waals surface area contributed by atoms with Crippen molar-refractivity contribution in [1.29, 1.82) is 0 Å². The molecule has 0 spiro atoms. The smallest absolute Gasteiger partial charge is 0.417 e. The molecule has 0 saturated carbocycles. The Kier molecular flexibility index (Phi) is 2.60. The molecule has 0 aliphatic carbocycles. The highest BCUT2D eigenvalue weighted by atomic mass is 16.4. The van der Waals surface area contributed by atoms with Gasteiger partial charge in [-0.25, -0.2) is 14.3 Å². The first-order valence-electron chi connectivity index (χ1n) is 5.14. The number of hydrogen-bond acceptors (Lipinski definition) is 3. The second-order valence-electron chi connectivity index (χ2n) is 4.12. The van der Waals surface area contributed by atoms with Gasteiger partial charge in [0.2, 0.25) is 0 Å². The van der Waals surface area contributed by atoms with Gasteiger partial charge >= 0.3 is 6.09 Å². The molecular formula is C11H13N3O2. The minimum Gasteiger partial charge on any atom is -0.464 e. The molecule has 0 amide bonds. The molecule has 5 heteroatoms. The van der Waals surface area contributed by atoms with Gasteiger partial charge in [0.15, 0.2) is 0 Å². The van der Waals surface area contributed by atoms with Crippen molar-refractivity contribution in [2.24, 2.45) is 5.92 Å². The van der Waals surface area contributed by atoms with Crippen LogP contribution >= 0.6 is 0 Å². The molecule has 16 heavy (non-hydrogen) atoms. The predicted octanol–water partition coefficient (Wildman–Crippen LogP) is 2.16. The summed E-state index contributed by atoms with van der Waals surface area (Å²) in [5.74, 6) is 0.466. The van der Waals surface area contributed by atoms with Crippen molar-refractivity contribution in [3.05, 3.63) is 24.3 Å². The van der Waals surface area contributed by atoms with Crippen LogP contribution in [0, 0.1) is 5.92 Å². The number of hydrogen-bond donors (Lipinski definition) is 1. The molecule has 0 aromatic carbocycles. The Morgan fingerprint density at radius 1 is 1.50 bits per heavy atom. The zero-order chi connectivity index (χ0) is 11.7. The molecule has 2 aromatic rings. The third kappa shape index (κ3) is 1.76. The fourth-order valence-corrected chi connectivity index (χ4v) is 1.69. The van der Waals surface area contributed by atoms with Crippen LogP contribution in [-0.2, 0) is 6.42 Å². The molecular weight excluding hydrogens is 206 g/mol. The van der Waals surface area contributed by atoms with E-state index in [2.05, 4.69) is 23.8 Å². The van der Waals surface area contributed by atoms with Crippen LogP contribution in [0.15, 0.2) is 18.6 Å². The predicted molar refractivity (Wildman–Crippen MR) is 59.5 cm³/mol. The lowest BCUT2D eigenvalue weighted by Crippen LogP contribution is -2.06. The van der Waals surface area contributed by atoms with Gasteiger partial charge in [0, 0.05) is 6.20 Å². The first-order chi connectivity index (χ1) is 7.59.